The van der Waals surface area contributed by atoms with Crippen molar-refractivity contribution in [3.63, 3.8) is 0 Å². The van der Waals surface area contributed by atoms with Gasteiger partial charge in [0.25, 0.3) is 0 Å². The highest BCUT2D eigenvalue weighted by Gasteiger charge is 2.24. The van der Waals surface area contributed by atoms with E-state index in [-0.39, 0.29) is 42.6 Å². The lowest BCUT2D eigenvalue weighted by molar-refractivity contribution is -0.116. The van der Waals surface area contributed by atoms with Crippen LogP contribution in [0.3, 0.4) is 0 Å². The first-order chi connectivity index (χ1) is 14.4. The minimum Gasteiger partial charge on any atom is -0.372 e. The van der Waals surface area contributed by atoms with Gasteiger partial charge in [0.15, 0.2) is 5.78 Å². The van der Waals surface area contributed by atoms with E-state index in [0.29, 0.717) is 30.0 Å². The first kappa shape index (κ1) is 22.0. The number of morpholine rings is 1. The fourth-order valence-corrected chi connectivity index (χ4v) is 3.74. The van der Waals surface area contributed by atoms with E-state index in [4.69, 9.17) is 4.74 Å². The Morgan fingerprint density at radius 1 is 1.07 bits per heavy atom. The van der Waals surface area contributed by atoms with Gasteiger partial charge in [0.2, 0.25) is 5.91 Å². The van der Waals surface area contributed by atoms with Gasteiger partial charge in [-0.25, -0.2) is 4.39 Å². The van der Waals surface area contributed by atoms with Crippen molar-refractivity contribution in [1.82, 2.24) is 0 Å². The molecular formula is C24H29FN2O3. The van der Waals surface area contributed by atoms with E-state index in [2.05, 4.69) is 12.2 Å². The SMILES string of the molecule is CCc1ccc(C(=O)CCC(=O)Nc2ccc(N3CC(C)OC(C)C3)c(F)c2)cc1. The van der Waals surface area contributed by atoms with E-state index in [9.17, 15) is 14.0 Å². The number of nitrogens with zero attached hydrogens (tertiary/aromatic N) is 1. The zero-order valence-corrected chi connectivity index (χ0v) is 17.8. The van der Waals surface area contributed by atoms with E-state index in [0.717, 1.165) is 12.0 Å². The van der Waals surface area contributed by atoms with Crippen LogP contribution in [0.5, 0.6) is 0 Å². The summed E-state index contributed by atoms with van der Waals surface area (Å²) in [7, 11) is 0. The fourth-order valence-electron chi connectivity index (χ4n) is 3.74. The number of amides is 1. The molecule has 0 bridgehead atoms. The lowest BCUT2D eigenvalue weighted by Crippen LogP contribution is -2.45. The molecule has 3 rings (SSSR count). The summed E-state index contributed by atoms with van der Waals surface area (Å²) in [6.07, 6.45) is 1.14. The number of rotatable bonds is 7. The number of carbonyl (C=O) groups is 2. The first-order valence-electron chi connectivity index (χ1n) is 10.5. The van der Waals surface area contributed by atoms with Crippen LogP contribution in [0.1, 0.15) is 49.5 Å². The smallest absolute Gasteiger partial charge is 0.224 e. The molecule has 1 heterocycles. The normalized spacial score (nSPS) is 18.9. The molecule has 0 aliphatic carbocycles. The summed E-state index contributed by atoms with van der Waals surface area (Å²) >= 11 is 0. The van der Waals surface area contributed by atoms with Crippen LogP contribution in [0.4, 0.5) is 15.8 Å². The Hall–Kier alpha value is -2.73. The molecule has 2 aromatic carbocycles. The summed E-state index contributed by atoms with van der Waals surface area (Å²) in [6, 6.07) is 12.1. The Balaban J connectivity index is 1.54. The topological polar surface area (TPSA) is 58.6 Å². The van der Waals surface area contributed by atoms with Crippen LogP contribution in [0.2, 0.25) is 0 Å². The molecule has 2 aromatic rings. The maximum Gasteiger partial charge on any atom is 0.224 e. The van der Waals surface area contributed by atoms with Gasteiger partial charge in [0, 0.05) is 37.2 Å². The van der Waals surface area contributed by atoms with Crippen molar-refractivity contribution in [3.05, 3.63) is 59.4 Å². The zero-order chi connectivity index (χ0) is 21.7. The van der Waals surface area contributed by atoms with Gasteiger partial charge in [-0.2, -0.15) is 0 Å². The number of halogens is 1. The van der Waals surface area contributed by atoms with Crippen LogP contribution >= 0.6 is 0 Å². The van der Waals surface area contributed by atoms with Gasteiger partial charge in [-0.05, 0) is 44.0 Å². The summed E-state index contributed by atoms with van der Waals surface area (Å²) in [6.45, 7) is 7.23. The van der Waals surface area contributed by atoms with Crippen molar-refractivity contribution < 1.29 is 18.7 Å². The van der Waals surface area contributed by atoms with Gasteiger partial charge in [0.1, 0.15) is 5.82 Å². The second-order valence-corrected chi connectivity index (χ2v) is 7.85. The molecule has 30 heavy (non-hydrogen) atoms. The molecule has 0 aromatic heterocycles. The molecule has 1 amide bonds. The van der Waals surface area contributed by atoms with Gasteiger partial charge >= 0.3 is 0 Å². The molecule has 0 spiro atoms. The Labute approximate surface area is 177 Å². The van der Waals surface area contributed by atoms with E-state index in [1.165, 1.54) is 6.07 Å². The highest BCUT2D eigenvalue weighted by molar-refractivity contribution is 6.00. The summed E-state index contributed by atoms with van der Waals surface area (Å²) in [5, 5.41) is 2.68. The molecule has 160 valence electrons. The summed E-state index contributed by atoms with van der Waals surface area (Å²) in [5.74, 6) is -0.777. The Morgan fingerprint density at radius 2 is 1.73 bits per heavy atom. The molecule has 0 saturated carbocycles. The third-order valence-electron chi connectivity index (χ3n) is 5.26. The van der Waals surface area contributed by atoms with Gasteiger partial charge in [0.05, 0.1) is 17.9 Å². The number of hydrogen-bond acceptors (Lipinski definition) is 4. The number of anilines is 2. The van der Waals surface area contributed by atoms with Gasteiger partial charge in [-0.1, -0.05) is 31.2 Å². The van der Waals surface area contributed by atoms with Crippen LogP contribution in [-0.2, 0) is 16.0 Å². The molecule has 6 heteroatoms. The average Bonchev–Trinajstić information content (AvgIpc) is 2.71. The number of Topliss-reactive ketones (excluding diaryl/α,β-unsaturated/α-hetero) is 1. The monoisotopic (exact) mass is 412 g/mol. The van der Waals surface area contributed by atoms with Crippen molar-refractivity contribution >= 4 is 23.1 Å². The fraction of sp³-hybridized carbons (Fsp3) is 0.417. The number of carbonyl (C=O) groups excluding carboxylic acids is 2. The zero-order valence-electron chi connectivity index (χ0n) is 17.8. The van der Waals surface area contributed by atoms with Gasteiger partial charge in [-0.3, -0.25) is 9.59 Å². The Bertz CT molecular complexity index is 888. The summed E-state index contributed by atoms with van der Waals surface area (Å²) in [4.78, 5) is 26.5. The number of nitrogens with one attached hydrogen (secondary N) is 1. The molecule has 1 aliphatic heterocycles. The quantitative estimate of drug-likeness (QED) is 0.675. The van der Waals surface area contributed by atoms with Crippen LogP contribution in [0.25, 0.3) is 0 Å². The van der Waals surface area contributed by atoms with Gasteiger partial charge < -0.3 is 15.0 Å². The molecule has 1 N–H and O–H groups in total. The molecule has 5 nitrogen and oxygen atoms in total. The molecule has 1 fully saturated rings. The Morgan fingerprint density at radius 3 is 2.33 bits per heavy atom. The second kappa shape index (κ2) is 9.85. The predicted molar refractivity (Wildman–Crippen MR) is 117 cm³/mol. The maximum absolute atomic E-state index is 14.6. The molecule has 0 radical (unpaired) electrons. The lowest BCUT2D eigenvalue weighted by Gasteiger charge is -2.37. The predicted octanol–water partition coefficient (Wildman–Crippen LogP) is 4.60. The number of aryl methyl sites for hydroxylation is 1. The summed E-state index contributed by atoms with van der Waals surface area (Å²) < 4.78 is 20.3. The number of hydrogen-bond donors (Lipinski definition) is 1. The van der Waals surface area contributed by atoms with E-state index < -0.39 is 0 Å². The van der Waals surface area contributed by atoms with E-state index in [1.807, 2.05) is 30.9 Å². The highest BCUT2D eigenvalue weighted by atomic mass is 19.1. The minimum absolute atomic E-state index is 0.0308. The molecular weight excluding hydrogens is 383 g/mol. The van der Waals surface area contributed by atoms with Crippen molar-refractivity contribution in [3.8, 4) is 0 Å². The number of benzene rings is 2. The van der Waals surface area contributed by atoms with Crippen LogP contribution in [0.15, 0.2) is 42.5 Å². The third-order valence-corrected chi connectivity index (χ3v) is 5.26. The molecule has 2 unspecified atom stereocenters. The highest BCUT2D eigenvalue weighted by Crippen LogP contribution is 2.26. The standard InChI is InChI=1S/C24H29FN2O3/c1-4-18-5-7-19(8-6-18)23(28)11-12-24(29)26-20-9-10-22(21(25)13-20)27-14-16(2)30-17(3)15-27/h5-10,13,16-17H,4,11-12,14-15H2,1-3H3,(H,26,29). The first-order valence-corrected chi connectivity index (χ1v) is 10.5. The van der Waals surface area contributed by atoms with Crippen molar-refractivity contribution in [1.29, 1.82) is 0 Å². The van der Waals surface area contributed by atoms with Crippen LogP contribution < -0.4 is 10.2 Å². The summed E-state index contributed by atoms with van der Waals surface area (Å²) in [5.41, 5.74) is 2.65. The number of ether oxygens (including phenoxy) is 1. The van der Waals surface area contributed by atoms with Crippen molar-refractivity contribution in [2.75, 3.05) is 23.3 Å². The largest absolute Gasteiger partial charge is 0.372 e. The lowest BCUT2D eigenvalue weighted by atomic mass is 10.0. The second-order valence-electron chi connectivity index (χ2n) is 7.85. The van der Waals surface area contributed by atoms with E-state index >= 15 is 0 Å². The minimum atomic E-state index is -0.388. The molecule has 1 aliphatic rings. The van der Waals surface area contributed by atoms with Gasteiger partial charge in [-0.15, -0.1) is 0 Å². The van der Waals surface area contributed by atoms with Crippen molar-refractivity contribution in [2.24, 2.45) is 0 Å². The van der Waals surface area contributed by atoms with E-state index in [1.54, 1.807) is 24.3 Å². The number of ketones is 1. The average molecular weight is 413 g/mol. The third kappa shape index (κ3) is 5.66. The van der Waals surface area contributed by atoms with Crippen LogP contribution in [0, 0.1) is 5.82 Å². The Kier molecular flexibility index (Phi) is 7.21. The molecule has 1 saturated heterocycles. The van der Waals surface area contributed by atoms with Crippen molar-refractivity contribution in [2.45, 2.75) is 52.2 Å². The maximum atomic E-state index is 14.6. The molecule has 2 atom stereocenters. The van der Waals surface area contributed by atoms with Crippen LogP contribution in [-0.4, -0.2) is 37.0 Å².